The van der Waals surface area contributed by atoms with Crippen LogP contribution in [0.5, 0.6) is 0 Å². The van der Waals surface area contributed by atoms with Gasteiger partial charge >= 0.3 is 0 Å². The first-order chi connectivity index (χ1) is 14.0. The number of nitrogens with zero attached hydrogens (tertiary/aromatic N) is 5. The third-order valence-electron chi connectivity index (χ3n) is 4.59. The van der Waals surface area contributed by atoms with E-state index in [4.69, 9.17) is 16.7 Å². The third-order valence-corrected chi connectivity index (χ3v) is 4.85. The van der Waals surface area contributed by atoms with E-state index in [0.29, 0.717) is 23.0 Å². The summed E-state index contributed by atoms with van der Waals surface area (Å²) in [6.45, 7) is 0.461. The predicted octanol–water partition coefficient (Wildman–Crippen LogP) is 4.20. The molecule has 0 aliphatic carbocycles. The molecule has 0 aliphatic heterocycles. The molecule has 0 atom stereocenters. The number of carbonyl (C=O) groups excluding carboxylic acids is 1. The highest BCUT2D eigenvalue weighted by Gasteiger charge is 2.21. The summed E-state index contributed by atoms with van der Waals surface area (Å²) >= 11 is 6.01. The minimum Gasteiger partial charge on any atom is -0.336 e. The maximum atomic E-state index is 13.3. The summed E-state index contributed by atoms with van der Waals surface area (Å²) in [6.07, 6.45) is 3.66. The lowest BCUT2D eigenvalue weighted by Crippen LogP contribution is -2.28. The molecular weight excluding hydrogens is 386 g/mol. The first-order valence-corrected chi connectivity index (χ1v) is 9.53. The van der Waals surface area contributed by atoms with E-state index in [1.54, 1.807) is 27.5 Å². The quantitative estimate of drug-likeness (QED) is 0.500. The number of halogens is 1. The molecule has 0 aliphatic rings. The van der Waals surface area contributed by atoms with E-state index in [0.717, 1.165) is 16.8 Å². The third kappa shape index (κ3) is 4.07. The van der Waals surface area contributed by atoms with Crippen molar-refractivity contribution in [2.24, 2.45) is 7.05 Å². The second-order valence-electron chi connectivity index (χ2n) is 6.85. The number of hydrogen-bond acceptors (Lipinski definition) is 3. The molecule has 6 nitrogen and oxygen atoms in total. The summed E-state index contributed by atoms with van der Waals surface area (Å²) in [5, 5.41) is 9.53. The molecule has 0 saturated heterocycles. The van der Waals surface area contributed by atoms with Crippen LogP contribution in [0.15, 0.2) is 73.1 Å². The maximum absolute atomic E-state index is 13.3. The van der Waals surface area contributed by atoms with Crippen LogP contribution < -0.4 is 0 Å². The fraction of sp³-hybridized carbons (Fsp3) is 0.136. The highest BCUT2D eigenvalue weighted by Crippen LogP contribution is 2.24. The molecule has 2 aromatic heterocycles. The predicted molar refractivity (Wildman–Crippen MR) is 113 cm³/mol. The Balaban J connectivity index is 1.72. The van der Waals surface area contributed by atoms with Crippen molar-refractivity contribution in [3.05, 3.63) is 89.3 Å². The molecular formula is C22H20ClN5O. The standard InChI is InChI=1S/C22H20ClN5O/c1-26(14-16-13-24-27(2)15-16)22(29)21-12-20(17-8-10-18(23)11-9-17)25-28(21)19-6-4-3-5-7-19/h3-13,15H,14H2,1-2H3. The number of benzene rings is 2. The molecule has 2 heterocycles. The summed E-state index contributed by atoms with van der Waals surface area (Å²) in [5.41, 5.74) is 3.89. The number of aromatic nitrogens is 4. The molecule has 7 heteroatoms. The first kappa shape index (κ1) is 19.0. The molecule has 29 heavy (non-hydrogen) atoms. The van der Waals surface area contributed by atoms with Crippen LogP contribution in [0, 0.1) is 0 Å². The maximum Gasteiger partial charge on any atom is 0.272 e. The van der Waals surface area contributed by atoms with Gasteiger partial charge in [0.2, 0.25) is 0 Å². The van der Waals surface area contributed by atoms with Crippen molar-refractivity contribution < 1.29 is 4.79 Å². The van der Waals surface area contributed by atoms with Crippen molar-refractivity contribution in [3.8, 4) is 16.9 Å². The van der Waals surface area contributed by atoms with Crippen LogP contribution in [0.1, 0.15) is 16.1 Å². The van der Waals surface area contributed by atoms with Crippen LogP contribution in [0.3, 0.4) is 0 Å². The van der Waals surface area contributed by atoms with Gasteiger partial charge in [0, 0.05) is 43.0 Å². The monoisotopic (exact) mass is 405 g/mol. The molecule has 0 bridgehead atoms. The van der Waals surface area contributed by atoms with Crippen LogP contribution in [0.2, 0.25) is 5.02 Å². The molecule has 0 radical (unpaired) electrons. The van der Waals surface area contributed by atoms with Gasteiger partial charge in [0.1, 0.15) is 5.69 Å². The van der Waals surface area contributed by atoms with E-state index in [1.807, 2.05) is 73.9 Å². The first-order valence-electron chi connectivity index (χ1n) is 9.15. The number of carbonyl (C=O) groups is 1. The van der Waals surface area contributed by atoms with Crippen molar-refractivity contribution >= 4 is 17.5 Å². The summed E-state index contributed by atoms with van der Waals surface area (Å²) in [4.78, 5) is 14.9. The Morgan fingerprint density at radius 2 is 1.83 bits per heavy atom. The fourth-order valence-corrected chi connectivity index (χ4v) is 3.28. The van der Waals surface area contributed by atoms with Gasteiger partial charge in [0.25, 0.3) is 5.91 Å². The van der Waals surface area contributed by atoms with E-state index in [1.165, 1.54) is 0 Å². The second kappa shape index (κ2) is 7.93. The lowest BCUT2D eigenvalue weighted by atomic mass is 10.1. The zero-order valence-electron chi connectivity index (χ0n) is 16.2. The average Bonchev–Trinajstić information content (AvgIpc) is 3.35. The van der Waals surface area contributed by atoms with Crippen molar-refractivity contribution in [1.29, 1.82) is 0 Å². The molecule has 146 valence electrons. The summed E-state index contributed by atoms with van der Waals surface area (Å²) in [7, 11) is 3.63. The minimum atomic E-state index is -0.120. The molecule has 1 amide bonds. The fourth-order valence-electron chi connectivity index (χ4n) is 3.16. The summed E-state index contributed by atoms with van der Waals surface area (Å²) < 4.78 is 3.41. The zero-order chi connectivity index (χ0) is 20.4. The Morgan fingerprint density at radius 1 is 1.10 bits per heavy atom. The lowest BCUT2D eigenvalue weighted by Gasteiger charge is -2.17. The van der Waals surface area contributed by atoms with Crippen molar-refractivity contribution in [1.82, 2.24) is 24.5 Å². The average molecular weight is 406 g/mol. The van der Waals surface area contributed by atoms with Crippen LogP contribution in [0.25, 0.3) is 16.9 Å². The zero-order valence-corrected chi connectivity index (χ0v) is 16.9. The van der Waals surface area contributed by atoms with Crippen LogP contribution in [0.4, 0.5) is 0 Å². The van der Waals surface area contributed by atoms with Gasteiger partial charge in [-0.3, -0.25) is 9.48 Å². The smallest absolute Gasteiger partial charge is 0.272 e. The van der Waals surface area contributed by atoms with E-state index in [9.17, 15) is 4.79 Å². The highest BCUT2D eigenvalue weighted by molar-refractivity contribution is 6.30. The van der Waals surface area contributed by atoms with E-state index >= 15 is 0 Å². The largest absolute Gasteiger partial charge is 0.336 e. The number of rotatable bonds is 5. The number of aryl methyl sites for hydroxylation is 1. The topological polar surface area (TPSA) is 56.0 Å². The Labute approximate surface area is 174 Å². The molecule has 0 spiro atoms. The molecule has 2 aromatic carbocycles. The lowest BCUT2D eigenvalue weighted by molar-refractivity contribution is 0.0776. The molecule has 0 fully saturated rings. The SMILES string of the molecule is CN(Cc1cnn(C)c1)C(=O)c1cc(-c2ccc(Cl)cc2)nn1-c1ccccc1. The minimum absolute atomic E-state index is 0.120. The van der Waals surface area contributed by atoms with Crippen molar-refractivity contribution in [2.75, 3.05) is 7.05 Å². The highest BCUT2D eigenvalue weighted by atomic mass is 35.5. The Kier molecular flexibility index (Phi) is 5.18. The number of amides is 1. The van der Waals surface area contributed by atoms with Gasteiger partial charge in [0.05, 0.1) is 17.6 Å². The molecule has 0 saturated carbocycles. The van der Waals surface area contributed by atoms with Gasteiger partial charge in [-0.15, -0.1) is 0 Å². The van der Waals surface area contributed by atoms with E-state index < -0.39 is 0 Å². The van der Waals surface area contributed by atoms with Gasteiger partial charge in [-0.1, -0.05) is 41.9 Å². The normalized spacial score (nSPS) is 10.9. The Hall–Kier alpha value is -3.38. The summed E-state index contributed by atoms with van der Waals surface area (Å²) in [6, 6.07) is 18.9. The van der Waals surface area contributed by atoms with Crippen LogP contribution >= 0.6 is 11.6 Å². The van der Waals surface area contributed by atoms with Gasteiger partial charge in [0.15, 0.2) is 0 Å². The molecule has 0 N–H and O–H groups in total. The number of hydrogen-bond donors (Lipinski definition) is 0. The van der Waals surface area contributed by atoms with Gasteiger partial charge in [-0.25, -0.2) is 4.68 Å². The molecule has 0 unspecified atom stereocenters. The van der Waals surface area contributed by atoms with Gasteiger partial charge < -0.3 is 4.90 Å². The van der Waals surface area contributed by atoms with Crippen LogP contribution in [-0.2, 0) is 13.6 Å². The molecule has 4 rings (SSSR count). The van der Waals surface area contributed by atoms with E-state index in [-0.39, 0.29) is 5.91 Å². The van der Waals surface area contributed by atoms with Gasteiger partial charge in [-0.05, 0) is 30.3 Å². The van der Waals surface area contributed by atoms with Gasteiger partial charge in [-0.2, -0.15) is 10.2 Å². The van der Waals surface area contributed by atoms with Crippen molar-refractivity contribution in [3.63, 3.8) is 0 Å². The number of para-hydroxylation sites is 1. The van der Waals surface area contributed by atoms with Crippen molar-refractivity contribution in [2.45, 2.75) is 6.54 Å². The Morgan fingerprint density at radius 3 is 2.48 bits per heavy atom. The van der Waals surface area contributed by atoms with Crippen LogP contribution in [-0.4, -0.2) is 37.4 Å². The molecule has 4 aromatic rings. The Bertz CT molecular complexity index is 1130. The summed E-state index contributed by atoms with van der Waals surface area (Å²) in [5.74, 6) is -0.120. The van der Waals surface area contributed by atoms with E-state index in [2.05, 4.69) is 5.10 Å². The second-order valence-corrected chi connectivity index (χ2v) is 7.29.